The molecule has 0 bridgehead atoms. The Morgan fingerprint density at radius 3 is 2.33 bits per heavy atom. The summed E-state index contributed by atoms with van der Waals surface area (Å²) in [5, 5.41) is 3.31. The van der Waals surface area contributed by atoms with Crippen LogP contribution in [-0.4, -0.2) is 37.6 Å². The number of hydrogen-bond donors (Lipinski definition) is 1. The van der Waals surface area contributed by atoms with E-state index in [1.165, 1.54) is 32.1 Å². The molecular formula is C13H28N2. The zero-order valence-electron chi connectivity index (χ0n) is 10.9. The van der Waals surface area contributed by atoms with Crippen LogP contribution in [0, 0.1) is 5.92 Å². The zero-order valence-corrected chi connectivity index (χ0v) is 10.9. The molecule has 0 amide bonds. The summed E-state index contributed by atoms with van der Waals surface area (Å²) in [6, 6.07) is 1.55. The van der Waals surface area contributed by atoms with Gasteiger partial charge in [-0.05, 0) is 52.1 Å². The van der Waals surface area contributed by atoms with Gasteiger partial charge in [-0.25, -0.2) is 0 Å². The first-order valence-electron chi connectivity index (χ1n) is 6.55. The monoisotopic (exact) mass is 212 g/mol. The standard InChI is InChI=1S/C13H28N2/c1-5-12(10-14-3)15(4)13-8-6-11(2)7-9-13/h11-14H,5-10H2,1-4H3. The van der Waals surface area contributed by atoms with Crippen LogP contribution in [0.4, 0.5) is 0 Å². The van der Waals surface area contributed by atoms with Crippen molar-refractivity contribution in [1.29, 1.82) is 0 Å². The van der Waals surface area contributed by atoms with Crippen molar-refractivity contribution in [1.82, 2.24) is 10.2 Å². The minimum atomic E-state index is 0.716. The fraction of sp³-hybridized carbons (Fsp3) is 1.00. The smallest absolute Gasteiger partial charge is 0.0217 e. The molecule has 1 rings (SSSR count). The van der Waals surface area contributed by atoms with Gasteiger partial charge in [-0.15, -0.1) is 0 Å². The minimum absolute atomic E-state index is 0.716. The Bertz CT molecular complexity index is 162. The first kappa shape index (κ1) is 13.0. The van der Waals surface area contributed by atoms with E-state index in [0.29, 0.717) is 6.04 Å². The molecule has 1 aliphatic rings. The summed E-state index contributed by atoms with van der Waals surface area (Å²) in [5.41, 5.74) is 0. The number of nitrogens with zero attached hydrogens (tertiary/aromatic N) is 1. The molecule has 0 aromatic carbocycles. The number of nitrogens with one attached hydrogen (secondary N) is 1. The van der Waals surface area contributed by atoms with Crippen molar-refractivity contribution in [2.24, 2.45) is 5.92 Å². The van der Waals surface area contributed by atoms with E-state index in [1.807, 2.05) is 0 Å². The molecule has 0 heterocycles. The average Bonchev–Trinajstić information content (AvgIpc) is 2.26. The van der Waals surface area contributed by atoms with Gasteiger partial charge in [0.15, 0.2) is 0 Å². The highest BCUT2D eigenvalue weighted by Crippen LogP contribution is 2.27. The molecule has 1 atom stereocenters. The highest BCUT2D eigenvalue weighted by Gasteiger charge is 2.25. The maximum atomic E-state index is 3.31. The molecule has 0 aromatic rings. The largest absolute Gasteiger partial charge is 0.318 e. The molecule has 1 aliphatic carbocycles. The second-order valence-corrected chi connectivity index (χ2v) is 5.20. The lowest BCUT2D eigenvalue weighted by Gasteiger charge is -2.38. The molecule has 1 N–H and O–H groups in total. The first-order valence-corrected chi connectivity index (χ1v) is 6.55. The second kappa shape index (κ2) is 6.49. The van der Waals surface area contributed by atoms with Crippen LogP contribution in [0.1, 0.15) is 46.0 Å². The second-order valence-electron chi connectivity index (χ2n) is 5.20. The van der Waals surface area contributed by atoms with E-state index >= 15 is 0 Å². The summed E-state index contributed by atoms with van der Waals surface area (Å²) in [7, 11) is 4.37. The van der Waals surface area contributed by atoms with E-state index in [1.54, 1.807) is 0 Å². The third-order valence-electron chi connectivity index (χ3n) is 4.05. The molecule has 0 saturated heterocycles. The van der Waals surface area contributed by atoms with Gasteiger partial charge in [-0.3, -0.25) is 4.90 Å². The Morgan fingerprint density at radius 2 is 1.87 bits per heavy atom. The van der Waals surface area contributed by atoms with Gasteiger partial charge in [-0.2, -0.15) is 0 Å². The Labute approximate surface area is 95.4 Å². The van der Waals surface area contributed by atoms with Crippen molar-refractivity contribution < 1.29 is 0 Å². The molecule has 15 heavy (non-hydrogen) atoms. The molecule has 0 aromatic heterocycles. The van der Waals surface area contributed by atoms with E-state index < -0.39 is 0 Å². The van der Waals surface area contributed by atoms with Crippen LogP contribution in [0.25, 0.3) is 0 Å². The van der Waals surface area contributed by atoms with Crippen molar-refractivity contribution in [3.63, 3.8) is 0 Å². The minimum Gasteiger partial charge on any atom is -0.318 e. The summed E-state index contributed by atoms with van der Waals surface area (Å²) in [5.74, 6) is 0.957. The maximum absolute atomic E-state index is 3.31. The van der Waals surface area contributed by atoms with Crippen LogP contribution in [0.2, 0.25) is 0 Å². The van der Waals surface area contributed by atoms with Gasteiger partial charge in [0.25, 0.3) is 0 Å². The fourth-order valence-electron chi connectivity index (χ4n) is 2.76. The molecule has 0 radical (unpaired) electrons. The normalized spacial score (nSPS) is 29.4. The Hall–Kier alpha value is -0.0800. The summed E-state index contributed by atoms with van der Waals surface area (Å²) >= 11 is 0. The predicted molar refractivity (Wildman–Crippen MR) is 67.2 cm³/mol. The van der Waals surface area contributed by atoms with E-state index in [0.717, 1.165) is 18.5 Å². The third kappa shape index (κ3) is 3.76. The van der Waals surface area contributed by atoms with Gasteiger partial charge in [-0.1, -0.05) is 13.8 Å². The van der Waals surface area contributed by atoms with Gasteiger partial charge in [0.1, 0.15) is 0 Å². The summed E-state index contributed by atoms with van der Waals surface area (Å²) in [4.78, 5) is 2.61. The van der Waals surface area contributed by atoms with Gasteiger partial charge in [0.05, 0.1) is 0 Å². The lowest BCUT2D eigenvalue weighted by atomic mass is 9.86. The molecule has 0 aliphatic heterocycles. The first-order chi connectivity index (χ1) is 7.19. The van der Waals surface area contributed by atoms with E-state index in [2.05, 4.69) is 38.2 Å². The highest BCUT2D eigenvalue weighted by atomic mass is 15.2. The van der Waals surface area contributed by atoms with Gasteiger partial charge in [0.2, 0.25) is 0 Å². The van der Waals surface area contributed by atoms with Crippen LogP contribution >= 0.6 is 0 Å². The van der Waals surface area contributed by atoms with Crippen molar-refractivity contribution in [3.05, 3.63) is 0 Å². The summed E-state index contributed by atoms with van der Waals surface area (Å²) in [6.45, 7) is 5.81. The van der Waals surface area contributed by atoms with Crippen molar-refractivity contribution >= 4 is 0 Å². The fourth-order valence-corrected chi connectivity index (χ4v) is 2.76. The Kier molecular flexibility index (Phi) is 5.62. The lowest BCUT2D eigenvalue weighted by molar-refractivity contribution is 0.120. The van der Waals surface area contributed by atoms with E-state index in [9.17, 15) is 0 Å². The van der Waals surface area contributed by atoms with Crippen molar-refractivity contribution in [2.45, 2.75) is 58.0 Å². The number of rotatable bonds is 5. The van der Waals surface area contributed by atoms with Gasteiger partial charge in [0, 0.05) is 18.6 Å². The number of hydrogen-bond acceptors (Lipinski definition) is 2. The molecular weight excluding hydrogens is 184 g/mol. The molecule has 1 unspecified atom stereocenters. The molecule has 1 saturated carbocycles. The summed E-state index contributed by atoms with van der Waals surface area (Å²) in [6.07, 6.45) is 6.90. The summed E-state index contributed by atoms with van der Waals surface area (Å²) < 4.78 is 0. The SMILES string of the molecule is CCC(CNC)N(C)C1CCC(C)CC1. The molecule has 2 nitrogen and oxygen atoms in total. The van der Waals surface area contributed by atoms with Gasteiger partial charge >= 0.3 is 0 Å². The van der Waals surface area contributed by atoms with Crippen LogP contribution in [0.5, 0.6) is 0 Å². The topological polar surface area (TPSA) is 15.3 Å². The van der Waals surface area contributed by atoms with Gasteiger partial charge < -0.3 is 5.32 Å². The maximum Gasteiger partial charge on any atom is 0.0217 e. The van der Waals surface area contributed by atoms with E-state index in [-0.39, 0.29) is 0 Å². The number of likely N-dealkylation sites (N-methyl/N-ethyl adjacent to an activating group) is 2. The van der Waals surface area contributed by atoms with Crippen molar-refractivity contribution in [2.75, 3.05) is 20.6 Å². The van der Waals surface area contributed by atoms with Crippen molar-refractivity contribution in [3.8, 4) is 0 Å². The molecule has 90 valence electrons. The highest BCUT2D eigenvalue weighted by molar-refractivity contribution is 4.81. The van der Waals surface area contributed by atoms with E-state index in [4.69, 9.17) is 0 Å². The molecule has 2 heteroatoms. The van der Waals surface area contributed by atoms with Crippen LogP contribution in [0.15, 0.2) is 0 Å². The average molecular weight is 212 g/mol. The molecule has 0 spiro atoms. The molecule has 1 fully saturated rings. The Morgan fingerprint density at radius 1 is 1.27 bits per heavy atom. The quantitative estimate of drug-likeness (QED) is 0.753. The zero-order chi connectivity index (χ0) is 11.3. The van der Waals surface area contributed by atoms with Crippen LogP contribution < -0.4 is 5.32 Å². The lowest BCUT2D eigenvalue weighted by Crippen LogP contribution is -2.45. The Balaban J connectivity index is 2.40. The predicted octanol–water partition coefficient (Wildman–Crippen LogP) is 2.49. The third-order valence-corrected chi connectivity index (χ3v) is 4.05. The van der Waals surface area contributed by atoms with Crippen LogP contribution in [-0.2, 0) is 0 Å². The van der Waals surface area contributed by atoms with Crippen LogP contribution in [0.3, 0.4) is 0 Å².